The minimum atomic E-state index is -0.357. The van der Waals surface area contributed by atoms with E-state index in [9.17, 15) is 14.0 Å². The van der Waals surface area contributed by atoms with Crippen LogP contribution in [0, 0.1) is 5.82 Å². The monoisotopic (exact) mass is 355 g/mol. The number of fused-ring (bicyclic) bond motifs is 1. The first kappa shape index (κ1) is 16.3. The van der Waals surface area contributed by atoms with Crippen LogP contribution in [0.25, 0.3) is 11.2 Å². The summed E-state index contributed by atoms with van der Waals surface area (Å²) in [5, 5.41) is 0. The third-order valence-corrected chi connectivity index (χ3v) is 4.67. The summed E-state index contributed by atoms with van der Waals surface area (Å²) >= 11 is 0. The van der Waals surface area contributed by atoms with Crippen LogP contribution in [0.3, 0.4) is 0 Å². The Balaban J connectivity index is 1.53. The van der Waals surface area contributed by atoms with Gasteiger partial charge in [0.1, 0.15) is 11.5 Å². The van der Waals surface area contributed by atoms with E-state index >= 15 is 0 Å². The zero-order chi connectivity index (χ0) is 18.3. The lowest BCUT2D eigenvalue weighted by atomic mass is 10.1. The Labute approximate surface area is 148 Å². The Morgan fingerprint density at radius 2 is 2.00 bits per heavy atom. The molecule has 2 aromatic heterocycles. The van der Waals surface area contributed by atoms with Crippen LogP contribution in [-0.2, 0) is 0 Å². The lowest BCUT2D eigenvalue weighted by Crippen LogP contribution is -2.54. The fourth-order valence-electron chi connectivity index (χ4n) is 3.38. The van der Waals surface area contributed by atoms with Crippen LogP contribution in [0.5, 0.6) is 0 Å². The molecule has 1 aliphatic rings. The minimum absolute atomic E-state index is 0.0274. The van der Waals surface area contributed by atoms with Crippen molar-refractivity contribution in [2.24, 2.45) is 0 Å². The third kappa shape index (κ3) is 2.83. The number of aromatic amines is 2. The molecule has 1 fully saturated rings. The number of rotatable bonds is 2. The van der Waals surface area contributed by atoms with E-state index in [0.29, 0.717) is 36.5 Å². The van der Waals surface area contributed by atoms with E-state index in [2.05, 4.69) is 15.0 Å². The van der Waals surface area contributed by atoms with Gasteiger partial charge >= 0.3 is 5.69 Å². The first-order chi connectivity index (χ1) is 12.5. The molecule has 2 N–H and O–H groups in total. The van der Waals surface area contributed by atoms with Crippen molar-refractivity contribution in [3.63, 3.8) is 0 Å². The van der Waals surface area contributed by atoms with Gasteiger partial charge in [-0.1, -0.05) is 12.1 Å². The number of hydrogen-bond donors (Lipinski definition) is 2. The van der Waals surface area contributed by atoms with Gasteiger partial charge in [0.25, 0.3) is 5.91 Å². The second-order valence-corrected chi connectivity index (χ2v) is 6.42. The van der Waals surface area contributed by atoms with Gasteiger partial charge in [0.15, 0.2) is 5.65 Å². The van der Waals surface area contributed by atoms with E-state index < -0.39 is 0 Å². The van der Waals surface area contributed by atoms with Crippen LogP contribution in [-0.4, -0.2) is 51.4 Å². The standard InChI is InChI=1S/C18H18FN5O2/c1-11-10-23(8-9-24(11)15-5-3-2-4-12(15)19)17(25)14-7-6-13-16(20-14)22-18(26)21-13/h2-7,11H,8-10H2,1H3,(H2,20,21,22,26). The number of anilines is 1. The van der Waals surface area contributed by atoms with Crippen molar-refractivity contribution in [1.82, 2.24) is 19.9 Å². The molecular weight excluding hydrogens is 337 g/mol. The molecule has 0 spiro atoms. The van der Waals surface area contributed by atoms with Crippen LogP contribution in [0.15, 0.2) is 41.2 Å². The summed E-state index contributed by atoms with van der Waals surface area (Å²) in [6.07, 6.45) is 0. The quantitative estimate of drug-likeness (QED) is 0.733. The van der Waals surface area contributed by atoms with Gasteiger partial charge < -0.3 is 14.8 Å². The van der Waals surface area contributed by atoms with Crippen molar-refractivity contribution in [3.05, 3.63) is 58.4 Å². The van der Waals surface area contributed by atoms with Gasteiger partial charge in [0.2, 0.25) is 0 Å². The highest BCUT2D eigenvalue weighted by molar-refractivity contribution is 5.94. The minimum Gasteiger partial charge on any atom is -0.363 e. The maximum absolute atomic E-state index is 14.1. The molecule has 1 atom stereocenters. The van der Waals surface area contributed by atoms with Crippen molar-refractivity contribution in [2.45, 2.75) is 13.0 Å². The summed E-state index contributed by atoms with van der Waals surface area (Å²) in [5.74, 6) is -0.461. The van der Waals surface area contributed by atoms with Crippen molar-refractivity contribution < 1.29 is 9.18 Å². The topological polar surface area (TPSA) is 85.1 Å². The molecule has 1 aliphatic heterocycles. The number of nitrogens with zero attached hydrogens (tertiary/aromatic N) is 3. The maximum Gasteiger partial charge on any atom is 0.325 e. The zero-order valence-electron chi connectivity index (χ0n) is 14.2. The van der Waals surface area contributed by atoms with Crippen molar-refractivity contribution in [3.8, 4) is 0 Å². The molecule has 7 nitrogen and oxygen atoms in total. The number of amides is 1. The number of carbonyl (C=O) groups is 1. The van der Waals surface area contributed by atoms with E-state index in [-0.39, 0.29) is 29.1 Å². The van der Waals surface area contributed by atoms with E-state index in [0.717, 1.165) is 0 Å². The summed E-state index contributed by atoms with van der Waals surface area (Å²) in [6.45, 7) is 3.45. The SMILES string of the molecule is CC1CN(C(=O)c2ccc3[nH]c(=O)[nH]c3n2)CCN1c1ccccc1F. The molecule has 8 heteroatoms. The largest absolute Gasteiger partial charge is 0.363 e. The number of benzene rings is 1. The summed E-state index contributed by atoms with van der Waals surface area (Å²) < 4.78 is 14.1. The summed E-state index contributed by atoms with van der Waals surface area (Å²) in [5.41, 5.74) is 1.39. The average Bonchev–Trinajstić information content (AvgIpc) is 3.01. The predicted octanol–water partition coefficient (Wildman–Crippen LogP) is 1.74. The van der Waals surface area contributed by atoms with Crippen molar-refractivity contribution >= 4 is 22.8 Å². The molecule has 1 aromatic carbocycles. The maximum atomic E-state index is 14.1. The Bertz CT molecular complexity index is 1030. The Morgan fingerprint density at radius 1 is 1.19 bits per heavy atom. The first-order valence-corrected chi connectivity index (χ1v) is 8.42. The molecule has 26 heavy (non-hydrogen) atoms. The fourth-order valence-corrected chi connectivity index (χ4v) is 3.38. The van der Waals surface area contributed by atoms with Gasteiger partial charge in [-0.3, -0.25) is 9.78 Å². The molecule has 0 radical (unpaired) electrons. The highest BCUT2D eigenvalue weighted by Gasteiger charge is 2.29. The summed E-state index contributed by atoms with van der Waals surface area (Å²) in [6, 6.07) is 9.89. The molecule has 1 amide bonds. The molecule has 0 saturated carbocycles. The lowest BCUT2D eigenvalue weighted by Gasteiger charge is -2.41. The van der Waals surface area contributed by atoms with Crippen LogP contribution in [0.2, 0.25) is 0 Å². The van der Waals surface area contributed by atoms with Gasteiger partial charge in [0, 0.05) is 25.7 Å². The van der Waals surface area contributed by atoms with Crippen molar-refractivity contribution in [1.29, 1.82) is 0 Å². The Morgan fingerprint density at radius 3 is 2.77 bits per heavy atom. The molecule has 3 aromatic rings. The van der Waals surface area contributed by atoms with Crippen LogP contribution in [0.4, 0.5) is 10.1 Å². The number of pyridine rings is 1. The van der Waals surface area contributed by atoms with Crippen LogP contribution >= 0.6 is 0 Å². The second kappa shape index (κ2) is 6.29. The van der Waals surface area contributed by atoms with Gasteiger partial charge in [-0.15, -0.1) is 0 Å². The summed E-state index contributed by atoms with van der Waals surface area (Å²) in [4.78, 5) is 37.2. The predicted molar refractivity (Wildman–Crippen MR) is 95.8 cm³/mol. The molecule has 1 unspecified atom stereocenters. The van der Waals surface area contributed by atoms with Gasteiger partial charge in [-0.05, 0) is 31.2 Å². The second-order valence-electron chi connectivity index (χ2n) is 6.42. The number of carbonyl (C=O) groups excluding carboxylic acids is 1. The molecule has 1 saturated heterocycles. The lowest BCUT2D eigenvalue weighted by molar-refractivity contribution is 0.0720. The van der Waals surface area contributed by atoms with E-state index in [1.165, 1.54) is 6.07 Å². The summed E-state index contributed by atoms with van der Waals surface area (Å²) in [7, 11) is 0. The Kier molecular flexibility index (Phi) is 3.95. The van der Waals surface area contributed by atoms with Crippen molar-refractivity contribution in [2.75, 3.05) is 24.5 Å². The number of halogens is 1. The van der Waals surface area contributed by atoms with Gasteiger partial charge in [0.05, 0.1) is 11.2 Å². The molecule has 4 rings (SSSR count). The Hall–Kier alpha value is -3.16. The number of nitrogens with one attached hydrogen (secondary N) is 2. The number of H-pyrrole nitrogens is 2. The molecular formula is C18H18FN5O2. The number of piperazine rings is 1. The van der Waals surface area contributed by atoms with E-state index in [1.54, 1.807) is 35.2 Å². The van der Waals surface area contributed by atoms with Crippen LogP contribution in [0.1, 0.15) is 17.4 Å². The molecule has 3 heterocycles. The normalized spacial score (nSPS) is 17.7. The highest BCUT2D eigenvalue weighted by atomic mass is 19.1. The average molecular weight is 355 g/mol. The number of aromatic nitrogens is 3. The van der Waals surface area contributed by atoms with Gasteiger partial charge in [-0.2, -0.15) is 0 Å². The van der Waals surface area contributed by atoms with E-state index in [4.69, 9.17) is 0 Å². The highest BCUT2D eigenvalue weighted by Crippen LogP contribution is 2.24. The van der Waals surface area contributed by atoms with Gasteiger partial charge in [-0.25, -0.2) is 14.2 Å². The number of hydrogen-bond acceptors (Lipinski definition) is 4. The first-order valence-electron chi connectivity index (χ1n) is 8.42. The molecule has 0 bridgehead atoms. The zero-order valence-corrected chi connectivity index (χ0v) is 14.2. The molecule has 0 aliphatic carbocycles. The molecule has 134 valence electrons. The van der Waals surface area contributed by atoms with Crippen LogP contribution < -0.4 is 10.6 Å². The number of para-hydroxylation sites is 1. The third-order valence-electron chi connectivity index (χ3n) is 4.67. The fraction of sp³-hybridized carbons (Fsp3) is 0.278. The van der Waals surface area contributed by atoms with E-state index in [1.807, 2.05) is 11.8 Å². The number of imidazole rings is 1. The smallest absolute Gasteiger partial charge is 0.325 e.